The van der Waals surface area contributed by atoms with Crippen molar-refractivity contribution in [2.45, 2.75) is 6.54 Å². The smallest absolute Gasteiger partial charge is 0.238 e. The second-order valence-electron chi connectivity index (χ2n) is 5.72. The van der Waals surface area contributed by atoms with Gasteiger partial charge in [-0.1, -0.05) is 53.0 Å². The summed E-state index contributed by atoms with van der Waals surface area (Å²) in [6, 6.07) is 12.2. The maximum Gasteiger partial charge on any atom is 0.238 e. The Morgan fingerprint density at radius 2 is 1.58 bits per heavy atom. The molecule has 8 heteroatoms. The Hall–Kier alpha value is -1.79. The van der Waals surface area contributed by atoms with Gasteiger partial charge >= 0.3 is 0 Å². The van der Waals surface area contributed by atoms with Gasteiger partial charge < -0.3 is 10.6 Å². The van der Waals surface area contributed by atoms with Crippen LogP contribution in [0.25, 0.3) is 0 Å². The van der Waals surface area contributed by atoms with E-state index in [4.69, 9.17) is 34.8 Å². The van der Waals surface area contributed by atoms with E-state index in [1.165, 1.54) is 0 Å². The molecule has 2 aromatic rings. The molecule has 26 heavy (non-hydrogen) atoms. The number of anilines is 1. The van der Waals surface area contributed by atoms with Crippen LogP contribution in [-0.4, -0.2) is 36.9 Å². The normalized spacial score (nSPS) is 10.7. The van der Waals surface area contributed by atoms with Crippen LogP contribution in [0.1, 0.15) is 5.56 Å². The van der Waals surface area contributed by atoms with Crippen LogP contribution in [0.5, 0.6) is 0 Å². The number of hydrogen-bond acceptors (Lipinski definition) is 3. The molecule has 0 atom stereocenters. The van der Waals surface area contributed by atoms with Crippen LogP contribution >= 0.6 is 34.8 Å². The quantitative estimate of drug-likeness (QED) is 0.724. The fraction of sp³-hybridized carbons (Fsp3) is 0.222. The molecule has 0 aliphatic carbocycles. The predicted octanol–water partition coefficient (Wildman–Crippen LogP) is 3.83. The maximum atomic E-state index is 12.1. The lowest BCUT2D eigenvalue weighted by atomic mass is 10.2. The van der Waals surface area contributed by atoms with Crippen molar-refractivity contribution in [3.8, 4) is 0 Å². The van der Waals surface area contributed by atoms with Gasteiger partial charge in [0.05, 0.1) is 28.8 Å². The molecule has 0 aromatic heterocycles. The number of nitrogens with zero attached hydrogens (tertiary/aromatic N) is 1. The first-order valence-corrected chi connectivity index (χ1v) is 8.92. The molecule has 5 nitrogen and oxygen atoms in total. The fourth-order valence-electron chi connectivity index (χ4n) is 2.25. The van der Waals surface area contributed by atoms with Crippen LogP contribution in [0, 0.1) is 0 Å². The van der Waals surface area contributed by atoms with Crippen molar-refractivity contribution in [2.24, 2.45) is 0 Å². The summed E-state index contributed by atoms with van der Waals surface area (Å²) in [5, 5.41) is 6.76. The van der Waals surface area contributed by atoms with E-state index in [2.05, 4.69) is 10.6 Å². The lowest BCUT2D eigenvalue weighted by molar-refractivity contribution is -0.123. The number of benzene rings is 2. The summed E-state index contributed by atoms with van der Waals surface area (Å²) < 4.78 is 0. The van der Waals surface area contributed by atoms with Crippen molar-refractivity contribution >= 4 is 52.3 Å². The van der Waals surface area contributed by atoms with Gasteiger partial charge in [0, 0.05) is 11.6 Å². The highest BCUT2D eigenvalue weighted by atomic mass is 35.5. The van der Waals surface area contributed by atoms with E-state index >= 15 is 0 Å². The van der Waals surface area contributed by atoms with Crippen molar-refractivity contribution in [1.29, 1.82) is 0 Å². The number of rotatable bonds is 7. The van der Waals surface area contributed by atoms with Gasteiger partial charge in [-0.3, -0.25) is 14.5 Å². The van der Waals surface area contributed by atoms with Crippen LogP contribution in [0.4, 0.5) is 5.69 Å². The van der Waals surface area contributed by atoms with Crippen molar-refractivity contribution < 1.29 is 9.59 Å². The van der Waals surface area contributed by atoms with Gasteiger partial charge in [-0.2, -0.15) is 0 Å². The molecule has 0 saturated carbocycles. The summed E-state index contributed by atoms with van der Waals surface area (Å²) in [5.41, 5.74) is 1.26. The SMILES string of the molecule is CN(CC(=O)NCc1cccc(Cl)c1)CC(=O)Nc1c(Cl)cccc1Cl. The highest BCUT2D eigenvalue weighted by Gasteiger charge is 2.13. The maximum absolute atomic E-state index is 12.1. The number of carbonyl (C=O) groups excluding carboxylic acids is 2. The molecular formula is C18H18Cl3N3O2. The molecule has 0 saturated heterocycles. The van der Waals surface area contributed by atoms with Gasteiger partial charge in [0.25, 0.3) is 0 Å². The van der Waals surface area contributed by atoms with Crippen LogP contribution < -0.4 is 10.6 Å². The highest BCUT2D eigenvalue weighted by Crippen LogP contribution is 2.29. The zero-order valence-electron chi connectivity index (χ0n) is 14.1. The zero-order chi connectivity index (χ0) is 19.1. The van der Waals surface area contributed by atoms with E-state index in [1.54, 1.807) is 42.3 Å². The third-order valence-corrected chi connectivity index (χ3v) is 4.30. The average molecular weight is 415 g/mol. The minimum Gasteiger partial charge on any atom is -0.351 e. The molecule has 0 heterocycles. The predicted molar refractivity (Wildman–Crippen MR) is 106 cm³/mol. The summed E-state index contributed by atoms with van der Waals surface area (Å²) >= 11 is 17.9. The van der Waals surface area contributed by atoms with E-state index in [0.717, 1.165) is 5.56 Å². The molecule has 0 unspecified atom stereocenters. The number of halogens is 3. The number of carbonyl (C=O) groups is 2. The molecule has 0 fully saturated rings. The Kier molecular flexibility index (Phi) is 7.72. The van der Waals surface area contributed by atoms with Gasteiger partial charge in [-0.25, -0.2) is 0 Å². The minimum absolute atomic E-state index is 0.0200. The molecule has 0 aliphatic heterocycles. The largest absolute Gasteiger partial charge is 0.351 e. The molecule has 0 bridgehead atoms. The van der Waals surface area contributed by atoms with Crippen molar-refractivity contribution in [3.63, 3.8) is 0 Å². The Bertz CT molecular complexity index is 779. The second kappa shape index (κ2) is 9.78. The van der Waals surface area contributed by atoms with Gasteiger partial charge in [0.1, 0.15) is 0 Å². The Labute approximate surface area is 167 Å². The van der Waals surface area contributed by atoms with Gasteiger partial charge in [-0.15, -0.1) is 0 Å². The van der Waals surface area contributed by atoms with E-state index < -0.39 is 0 Å². The summed E-state index contributed by atoms with van der Waals surface area (Å²) in [6.45, 7) is 0.463. The lowest BCUT2D eigenvalue weighted by Gasteiger charge is -2.17. The topological polar surface area (TPSA) is 61.4 Å². The Morgan fingerprint density at radius 1 is 0.962 bits per heavy atom. The number of nitrogens with one attached hydrogen (secondary N) is 2. The van der Waals surface area contributed by atoms with E-state index in [1.807, 2.05) is 12.1 Å². The monoisotopic (exact) mass is 413 g/mol. The first kappa shape index (κ1) is 20.5. The minimum atomic E-state index is -0.315. The van der Waals surface area contributed by atoms with Crippen LogP contribution in [0.15, 0.2) is 42.5 Å². The summed E-state index contributed by atoms with van der Waals surface area (Å²) in [5.74, 6) is -0.513. The molecule has 0 radical (unpaired) electrons. The lowest BCUT2D eigenvalue weighted by Crippen LogP contribution is -2.38. The second-order valence-corrected chi connectivity index (χ2v) is 6.97. The molecule has 138 valence electrons. The third kappa shape index (κ3) is 6.50. The fourth-order valence-corrected chi connectivity index (χ4v) is 2.95. The number of hydrogen-bond donors (Lipinski definition) is 2. The molecule has 2 N–H and O–H groups in total. The molecule has 2 rings (SSSR count). The zero-order valence-corrected chi connectivity index (χ0v) is 16.3. The number of likely N-dealkylation sites (N-methyl/N-ethyl adjacent to an activating group) is 1. The van der Waals surface area contributed by atoms with E-state index in [9.17, 15) is 9.59 Å². The summed E-state index contributed by atoms with van der Waals surface area (Å²) in [4.78, 5) is 25.7. The molecule has 2 amide bonds. The van der Waals surface area contributed by atoms with E-state index in [0.29, 0.717) is 27.3 Å². The highest BCUT2D eigenvalue weighted by molar-refractivity contribution is 6.39. The van der Waals surface area contributed by atoms with Gasteiger partial charge in [-0.05, 0) is 36.9 Å². The molecular weight excluding hydrogens is 397 g/mol. The third-order valence-electron chi connectivity index (χ3n) is 3.43. The number of para-hydroxylation sites is 1. The molecule has 2 aromatic carbocycles. The Morgan fingerprint density at radius 3 is 2.23 bits per heavy atom. The standard InChI is InChI=1S/C18H18Cl3N3O2/c1-24(10-16(25)22-9-12-4-2-5-13(19)8-12)11-17(26)23-18-14(20)6-3-7-15(18)21/h2-8H,9-11H2,1H3,(H,22,25)(H,23,26). The van der Waals surface area contributed by atoms with Crippen LogP contribution in [0.2, 0.25) is 15.1 Å². The van der Waals surface area contributed by atoms with Gasteiger partial charge in [0.15, 0.2) is 0 Å². The van der Waals surface area contributed by atoms with Crippen molar-refractivity contribution in [1.82, 2.24) is 10.2 Å². The van der Waals surface area contributed by atoms with E-state index in [-0.39, 0.29) is 24.9 Å². The first-order chi connectivity index (χ1) is 12.3. The van der Waals surface area contributed by atoms with Crippen LogP contribution in [0.3, 0.4) is 0 Å². The molecule has 0 aliphatic rings. The Balaban J connectivity index is 1.79. The van der Waals surface area contributed by atoms with Crippen molar-refractivity contribution in [2.75, 3.05) is 25.5 Å². The average Bonchev–Trinajstić information content (AvgIpc) is 2.56. The van der Waals surface area contributed by atoms with Gasteiger partial charge in [0.2, 0.25) is 11.8 Å². The first-order valence-electron chi connectivity index (χ1n) is 7.78. The summed E-state index contributed by atoms with van der Waals surface area (Å²) in [6.07, 6.45) is 0. The molecule has 0 spiro atoms. The number of amides is 2. The van der Waals surface area contributed by atoms with Crippen molar-refractivity contribution in [3.05, 3.63) is 63.1 Å². The van der Waals surface area contributed by atoms with Crippen LogP contribution in [-0.2, 0) is 16.1 Å². The summed E-state index contributed by atoms with van der Waals surface area (Å²) in [7, 11) is 1.67.